The number of anilines is 1. The maximum Gasteiger partial charge on any atom is 0.241 e. The van der Waals surface area contributed by atoms with Crippen molar-refractivity contribution in [2.24, 2.45) is 0 Å². The van der Waals surface area contributed by atoms with E-state index in [9.17, 15) is 13.5 Å². The predicted octanol–water partition coefficient (Wildman–Crippen LogP) is 3.04. The van der Waals surface area contributed by atoms with Crippen LogP contribution in [0.15, 0.2) is 54.9 Å². The fourth-order valence-corrected chi connectivity index (χ4v) is 5.11. The summed E-state index contributed by atoms with van der Waals surface area (Å²) in [6.07, 6.45) is 3.56. The van der Waals surface area contributed by atoms with Crippen LogP contribution in [0.25, 0.3) is 22.6 Å². The van der Waals surface area contributed by atoms with Crippen molar-refractivity contribution >= 4 is 27.4 Å². The van der Waals surface area contributed by atoms with Gasteiger partial charge in [-0.2, -0.15) is 4.31 Å². The molecule has 1 aliphatic rings. The van der Waals surface area contributed by atoms with E-state index in [-0.39, 0.29) is 19.5 Å². The van der Waals surface area contributed by atoms with Gasteiger partial charge in [0.05, 0.1) is 5.69 Å². The van der Waals surface area contributed by atoms with Crippen LogP contribution in [0, 0.1) is 0 Å². The Morgan fingerprint density at radius 3 is 2.41 bits per heavy atom. The molecule has 0 bridgehead atoms. The van der Waals surface area contributed by atoms with Gasteiger partial charge in [0.1, 0.15) is 5.82 Å². The number of aromatic nitrogens is 3. The Morgan fingerprint density at radius 1 is 1.06 bits per heavy atom. The van der Waals surface area contributed by atoms with Gasteiger partial charge in [0, 0.05) is 60.8 Å². The quantitative estimate of drug-likeness (QED) is 0.587. The van der Waals surface area contributed by atoms with Crippen molar-refractivity contribution < 1.29 is 13.5 Å². The Kier molecular flexibility index (Phi) is 6.71. The number of piperazine rings is 1. The fraction of sp³-hybridized carbons (Fsp3) is 0.318. The van der Waals surface area contributed by atoms with Gasteiger partial charge >= 0.3 is 0 Å². The summed E-state index contributed by atoms with van der Waals surface area (Å²) < 4.78 is 26.3. The van der Waals surface area contributed by atoms with Crippen LogP contribution < -0.4 is 4.90 Å². The minimum Gasteiger partial charge on any atom is -0.376 e. The summed E-state index contributed by atoms with van der Waals surface area (Å²) in [6, 6.07) is 13.0. The second-order valence-corrected chi connectivity index (χ2v) is 10.0. The summed E-state index contributed by atoms with van der Waals surface area (Å²) in [5, 5.41) is 10.5. The number of rotatable bonds is 6. The summed E-state index contributed by atoms with van der Waals surface area (Å²) in [5.41, 5.74) is 1.05. The molecule has 1 fully saturated rings. The van der Waals surface area contributed by atoms with Crippen molar-refractivity contribution in [1.82, 2.24) is 19.3 Å². The van der Waals surface area contributed by atoms with E-state index in [1.165, 1.54) is 4.31 Å². The van der Waals surface area contributed by atoms with E-state index >= 15 is 0 Å². The maximum absolute atomic E-state index is 12.5. The molecule has 0 spiro atoms. The lowest BCUT2D eigenvalue weighted by molar-refractivity contribution is 0.228. The molecule has 0 aliphatic carbocycles. The molecule has 1 saturated heterocycles. The van der Waals surface area contributed by atoms with E-state index in [1.54, 1.807) is 19.3 Å². The Bertz CT molecular complexity index is 1170. The number of pyridine rings is 1. The van der Waals surface area contributed by atoms with E-state index in [0.29, 0.717) is 29.8 Å². The fourth-order valence-electron chi connectivity index (χ4n) is 3.54. The number of halogens is 1. The summed E-state index contributed by atoms with van der Waals surface area (Å²) in [5.74, 6) is 1.24. The molecule has 32 heavy (non-hydrogen) atoms. The highest BCUT2D eigenvalue weighted by atomic mass is 35.5. The number of nitrogens with zero attached hydrogens (tertiary/aromatic N) is 5. The van der Waals surface area contributed by atoms with Crippen molar-refractivity contribution in [3.63, 3.8) is 0 Å². The van der Waals surface area contributed by atoms with Crippen molar-refractivity contribution in [2.75, 3.05) is 31.1 Å². The molecule has 0 radical (unpaired) electrons. The molecule has 0 saturated carbocycles. The standard InChI is InChI=1S/C22H24ClN5O3S/c1-2-21(29)32(30,31)28-12-10-27(11-13-28)20-14-19(16-5-7-18(23)8-6-16)25-22(26-20)17-4-3-9-24-15-17/h3-9,14-15,21,29H,2,10-13H2,1H3. The summed E-state index contributed by atoms with van der Waals surface area (Å²) in [4.78, 5) is 15.7. The lowest BCUT2D eigenvalue weighted by Gasteiger charge is -2.35. The van der Waals surface area contributed by atoms with Crippen molar-refractivity contribution in [3.8, 4) is 22.6 Å². The molecule has 1 aromatic carbocycles. The molecule has 0 amide bonds. The summed E-state index contributed by atoms with van der Waals surface area (Å²) in [7, 11) is -3.72. The van der Waals surface area contributed by atoms with Gasteiger partial charge in [-0.15, -0.1) is 0 Å². The highest BCUT2D eigenvalue weighted by Crippen LogP contribution is 2.28. The van der Waals surface area contributed by atoms with Gasteiger partial charge in [-0.1, -0.05) is 30.7 Å². The first-order valence-corrected chi connectivity index (χ1v) is 12.2. The molecule has 4 rings (SSSR count). The molecule has 1 unspecified atom stereocenters. The Labute approximate surface area is 192 Å². The number of sulfonamides is 1. The summed E-state index contributed by atoms with van der Waals surface area (Å²) in [6.45, 7) is 3.12. The van der Waals surface area contributed by atoms with Gasteiger partial charge in [-0.05, 0) is 30.7 Å². The van der Waals surface area contributed by atoms with Crippen LogP contribution in [-0.4, -0.2) is 64.4 Å². The van der Waals surface area contributed by atoms with Crippen molar-refractivity contribution in [3.05, 3.63) is 59.9 Å². The second-order valence-electron chi connectivity index (χ2n) is 7.48. The normalized spacial score (nSPS) is 16.2. The van der Waals surface area contributed by atoms with E-state index < -0.39 is 15.5 Å². The zero-order valence-corrected chi connectivity index (χ0v) is 19.2. The van der Waals surface area contributed by atoms with Gasteiger partial charge in [0.25, 0.3) is 0 Å². The van der Waals surface area contributed by atoms with E-state index in [1.807, 2.05) is 47.4 Å². The third-order valence-electron chi connectivity index (χ3n) is 5.39. The maximum atomic E-state index is 12.5. The first kappa shape index (κ1) is 22.6. The minimum atomic E-state index is -3.72. The third kappa shape index (κ3) is 4.75. The molecule has 3 aromatic rings. The third-order valence-corrected chi connectivity index (χ3v) is 7.75. The molecular formula is C22H24ClN5O3S. The van der Waals surface area contributed by atoms with Crippen molar-refractivity contribution in [2.45, 2.75) is 18.8 Å². The van der Waals surface area contributed by atoms with Gasteiger partial charge in [0.2, 0.25) is 10.0 Å². The molecular weight excluding hydrogens is 450 g/mol. The smallest absolute Gasteiger partial charge is 0.241 e. The van der Waals surface area contributed by atoms with Gasteiger partial charge in [-0.25, -0.2) is 18.4 Å². The van der Waals surface area contributed by atoms with E-state index in [2.05, 4.69) is 4.98 Å². The Hall–Kier alpha value is -2.59. The van der Waals surface area contributed by atoms with Crippen LogP contribution in [0.4, 0.5) is 5.82 Å². The molecule has 10 heteroatoms. The largest absolute Gasteiger partial charge is 0.376 e. The average Bonchev–Trinajstić information content (AvgIpc) is 2.84. The lowest BCUT2D eigenvalue weighted by atomic mass is 10.1. The molecule has 8 nitrogen and oxygen atoms in total. The number of aliphatic hydroxyl groups is 1. The van der Waals surface area contributed by atoms with Crippen LogP contribution in [0.3, 0.4) is 0 Å². The monoisotopic (exact) mass is 473 g/mol. The lowest BCUT2D eigenvalue weighted by Crippen LogP contribution is -2.51. The van der Waals surface area contributed by atoms with Gasteiger partial charge < -0.3 is 10.0 Å². The highest BCUT2D eigenvalue weighted by Gasteiger charge is 2.32. The second kappa shape index (κ2) is 9.50. The van der Waals surface area contributed by atoms with Gasteiger partial charge in [0.15, 0.2) is 11.3 Å². The van der Waals surface area contributed by atoms with Crippen LogP contribution in [-0.2, 0) is 10.0 Å². The van der Waals surface area contributed by atoms with Crippen LogP contribution in [0.2, 0.25) is 5.02 Å². The SMILES string of the molecule is CCC(O)S(=O)(=O)N1CCN(c2cc(-c3ccc(Cl)cc3)nc(-c3cccnc3)n2)CC1. The van der Waals surface area contributed by atoms with E-state index in [4.69, 9.17) is 21.6 Å². The molecule has 2 aromatic heterocycles. The molecule has 3 heterocycles. The van der Waals surface area contributed by atoms with Crippen LogP contribution in [0.1, 0.15) is 13.3 Å². The average molecular weight is 474 g/mol. The number of hydrogen-bond donors (Lipinski definition) is 1. The highest BCUT2D eigenvalue weighted by molar-refractivity contribution is 7.89. The number of benzene rings is 1. The Morgan fingerprint density at radius 2 is 1.78 bits per heavy atom. The predicted molar refractivity (Wildman–Crippen MR) is 125 cm³/mol. The van der Waals surface area contributed by atoms with Crippen molar-refractivity contribution in [1.29, 1.82) is 0 Å². The zero-order chi connectivity index (χ0) is 22.7. The topological polar surface area (TPSA) is 99.5 Å². The molecule has 168 valence electrons. The molecule has 1 atom stereocenters. The first-order valence-electron chi connectivity index (χ1n) is 10.4. The molecule has 1 aliphatic heterocycles. The van der Waals surface area contributed by atoms with Gasteiger partial charge in [-0.3, -0.25) is 4.98 Å². The number of aliphatic hydroxyl groups excluding tert-OH is 1. The summed E-state index contributed by atoms with van der Waals surface area (Å²) >= 11 is 6.04. The zero-order valence-electron chi connectivity index (χ0n) is 17.6. The Balaban J connectivity index is 1.65. The van der Waals surface area contributed by atoms with Crippen LogP contribution in [0.5, 0.6) is 0 Å². The molecule has 1 N–H and O–H groups in total. The van der Waals surface area contributed by atoms with Crippen LogP contribution >= 0.6 is 11.6 Å². The number of hydrogen-bond acceptors (Lipinski definition) is 7. The minimum absolute atomic E-state index is 0.160. The van der Waals surface area contributed by atoms with E-state index in [0.717, 1.165) is 16.8 Å². The first-order chi connectivity index (χ1) is 15.4.